The van der Waals surface area contributed by atoms with Gasteiger partial charge in [0.15, 0.2) is 0 Å². The minimum absolute atomic E-state index is 0.0107. The lowest BCUT2D eigenvalue weighted by Crippen LogP contribution is -2.34. The van der Waals surface area contributed by atoms with Crippen molar-refractivity contribution in [3.8, 4) is 0 Å². The van der Waals surface area contributed by atoms with Crippen LogP contribution in [0.3, 0.4) is 0 Å². The quantitative estimate of drug-likeness (QED) is 0.802. The van der Waals surface area contributed by atoms with Gasteiger partial charge in [-0.2, -0.15) is 11.8 Å². The molecule has 0 aliphatic carbocycles. The van der Waals surface area contributed by atoms with Crippen molar-refractivity contribution in [1.29, 1.82) is 0 Å². The standard InChI is InChI=1S/C14H21NO4S2/c1-5-20-8-11(4)15-21(18,19)13-7-12(14(16)17)9(2)6-10(13)3/h6-7,11,15H,5,8H2,1-4H3,(H,16,17). The third-order valence-electron chi connectivity index (χ3n) is 2.97. The Morgan fingerprint density at radius 1 is 1.33 bits per heavy atom. The predicted molar refractivity (Wildman–Crippen MR) is 85.7 cm³/mol. The summed E-state index contributed by atoms with van der Waals surface area (Å²) in [5.74, 6) is 0.462. The van der Waals surface area contributed by atoms with Gasteiger partial charge in [-0.15, -0.1) is 0 Å². The van der Waals surface area contributed by atoms with E-state index in [2.05, 4.69) is 4.72 Å². The van der Waals surface area contributed by atoms with Crippen molar-refractivity contribution in [3.05, 3.63) is 28.8 Å². The molecule has 1 unspecified atom stereocenters. The first-order valence-corrected chi connectivity index (χ1v) is 9.27. The van der Waals surface area contributed by atoms with Crippen LogP contribution in [-0.4, -0.2) is 37.0 Å². The van der Waals surface area contributed by atoms with Crippen LogP contribution in [0, 0.1) is 13.8 Å². The van der Waals surface area contributed by atoms with Gasteiger partial charge in [-0.25, -0.2) is 17.9 Å². The van der Waals surface area contributed by atoms with E-state index in [1.165, 1.54) is 6.07 Å². The van der Waals surface area contributed by atoms with E-state index in [1.807, 2.05) is 6.92 Å². The molecule has 0 aliphatic heterocycles. The summed E-state index contributed by atoms with van der Waals surface area (Å²) in [4.78, 5) is 11.2. The second-order valence-corrected chi connectivity index (χ2v) is 7.92. The van der Waals surface area contributed by atoms with E-state index in [9.17, 15) is 13.2 Å². The number of carbonyl (C=O) groups is 1. The van der Waals surface area contributed by atoms with Crippen molar-refractivity contribution in [2.24, 2.45) is 0 Å². The summed E-state index contributed by atoms with van der Waals surface area (Å²) in [6.45, 7) is 7.12. The first-order valence-electron chi connectivity index (χ1n) is 6.63. The monoisotopic (exact) mass is 331 g/mol. The maximum Gasteiger partial charge on any atom is 0.335 e. The Morgan fingerprint density at radius 3 is 2.48 bits per heavy atom. The van der Waals surface area contributed by atoms with Gasteiger partial charge < -0.3 is 5.11 Å². The molecule has 0 spiro atoms. The SMILES string of the molecule is CCSCC(C)NS(=O)(=O)c1cc(C(=O)O)c(C)cc1C. The molecule has 0 heterocycles. The zero-order valence-corrected chi connectivity index (χ0v) is 14.3. The Labute approximate surface area is 130 Å². The summed E-state index contributed by atoms with van der Waals surface area (Å²) >= 11 is 1.65. The fraction of sp³-hybridized carbons (Fsp3) is 0.500. The van der Waals surface area contributed by atoms with E-state index in [-0.39, 0.29) is 16.5 Å². The smallest absolute Gasteiger partial charge is 0.335 e. The summed E-state index contributed by atoms with van der Waals surface area (Å²) < 4.78 is 27.4. The lowest BCUT2D eigenvalue weighted by Gasteiger charge is -2.16. The molecule has 0 radical (unpaired) electrons. The van der Waals surface area contributed by atoms with Gasteiger partial charge in [-0.1, -0.05) is 13.0 Å². The van der Waals surface area contributed by atoms with Crippen LogP contribution in [0.25, 0.3) is 0 Å². The zero-order chi connectivity index (χ0) is 16.2. The summed E-state index contributed by atoms with van der Waals surface area (Å²) in [6, 6.07) is 2.60. The average molecular weight is 331 g/mol. The second kappa shape index (κ2) is 7.29. The van der Waals surface area contributed by atoms with Gasteiger partial charge in [0.25, 0.3) is 0 Å². The summed E-state index contributed by atoms with van der Waals surface area (Å²) in [6.07, 6.45) is 0. The van der Waals surface area contributed by atoms with Crippen LogP contribution in [0.15, 0.2) is 17.0 Å². The van der Waals surface area contributed by atoms with Crippen LogP contribution in [0.1, 0.15) is 35.3 Å². The topological polar surface area (TPSA) is 83.5 Å². The molecule has 0 saturated heterocycles. The normalized spacial score (nSPS) is 13.1. The molecule has 1 atom stereocenters. The number of rotatable bonds is 7. The first kappa shape index (κ1) is 18.0. The van der Waals surface area contributed by atoms with Gasteiger partial charge in [0.2, 0.25) is 10.0 Å². The van der Waals surface area contributed by atoms with E-state index in [0.29, 0.717) is 16.9 Å². The molecule has 0 saturated carbocycles. The molecule has 21 heavy (non-hydrogen) atoms. The Balaban J connectivity index is 3.13. The molecule has 0 fully saturated rings. The maximum atomic E-state index is 12.4. The van der Waals surface area contributed by atoms with Crippen LogP contribution in [0.4, 0.5) is 0 Å². The van der Waals surface area contributed by atoms with Crippen molar-refractivity contribution < 1.29 is 18.3 Å². The van der Waals surface area contributed by atoms with Gasteiger partial charge in [-0.05, 0) is 43.7 Å². The van der Waals surface area contributed by atoms with Crippen LogP contribution < -0.4 is 4.72 Å². The van der Waals surface area contributed by atoms with Gasteiger partial charge >= 0.3 is 5.97 Å². The summed E-state index contributed by atoms with van der Waals surface area (Å²) in [5, 5.41) is 9.13. The maximum absolute atomic E-state index is 12.4. The molecule has 1 rings (SSSR count). The van der Waals surface area contributed by atoms with E-state index in [4.69, 9.17) is 5.11 Å². The number of sulfonamides is 1. The first-order chi connectivity index (χ1) is 9.69. The van der Waals surface area contributed by atoms with E-state index < -0.39 is 16.0 Å². The van der Waals surface area contributed by atoms with Crippen molar-refractivity contribution in [3.63, 3.8) is 0 Å². The van der Waals surface area contributed by atoms with Crippen molar-refractivity contribution in [2.75, 3.05) is 11.5 Å². The number of nitrogens with one attached hydrogen (secondary N) is 1. The fourth-order valence-electron chi connectivity index (χ4n) is 2.01. The van der Waals surface area contributed by atoms with Gasteiger partial charge in [0.05, 0.1) is 10.5 Å². The molecule has 5 nitrogen and oxygen atoms in total. The predicted octanol–water partition coefficient (Wildman–Crippen LogP) is 2.42. The highest BCUT2D eigenvalue weighted by Gasteiger charge is 2.22. The highest BCUT2D eigenvalue weighted by molar-refractivity contribution is 7.99. The summed E-state index contributed by atoms with van der Waals surface area (Å²) in [7, 11) is -3.72. The molecule has 0 aliphatic rings. The van der Waals surface area contributed by atoms with Crippen LogP contribution in [0.5, 0.6) is 0 Å². The van der Waals surface area contributed by atoms with Crippen LogP contribution in [-0.2, 0) is 10.0 Å². The van der Waals surface area contributed by atoms with Gasteiger partial charge in [0.1, 0.15) is 0 Å². The lowest BCUT2D eigenvalue weighted by atomic mass is 10.1. The number of benzene rings is 1. The highest BCUT2D eigenvalue weighted by atomic mass is 32.2. The average Bonchev–Trinajstić information content (AvgIpc) is 2.34. The number of thioether (sulfide) groups is 1. The second-order valence-electron chi connectivity index (χ2n) is 4.92. The zero-order valence-electron chi connectivity index (χ0n) is 12.6. The fourth-order valence-corrected chi connectivity index (χ4v) is 4.28. The number of carboxylic acid groups (broad SMARTS) is 1. The Bertz CT molecular complexity index is 626. The molecule has 0 amide bonds. The van der Waals surface area contributed by atoms with E-state index in [0.717, 1.165) is 5.75 Å². The molecular formula is C14H21NO4S2. The van der Waals surface area contributed by atoms with Gasteiger partial charge in [0, 0.05) is 11.8 Å². The van der Waals surface area contributed by atoms with Crippen LogP contribution >= 0.6 is 11.8 Å². The minimum atomic E-state index is -3.72. The lowest BCUT2D eigenvalue weighted by molar-refractivity contribution is 0.0696. The minimum Gasteiger partial charge on any atom is -0.478 e. The third-order valence-corrected chi connectivity index (χ3v) is 5.85. The Kier molecular flexibility index (Phi) is 6.24. The Morgan fingerprint density at radius 2 is 1.95 bits per heavy atom. The molecule has 0 aromatic heterocycles. The van der Waals surface area contributed by atoms with Crippen molar-refractivity contribution in [1.82, 2.24) is 4.72 Å². The largest absolute Gasteiger partial charge is 0.478 e. The molecule has 7 heteroatoms. The number of hydrogen-bond acceptors (Lipinski definition) is 4. The molecule has 1 aromatic carbocycles. The molecule has 2 N–H and O–H groups in total. The number of carboxylic acids is 1. The highest BCUT2D eigenvalue weighted by Crippen LogP contribution is 2.21. The Hall–Kier alpha value is -1.05. The van der Waals surface area contributed by atoms with Crippen molar-refractivity contribution >= 4 is 27.8 Å². The number of aryl methyl sites for hydroxylation is 2. The molecule has 0 bridgehead atoms. The molecular weight excluding hydrogens is 310 g/mol. The summed E-state index contributed by atoms with van der Waals surface area (Å²) in [5.41, 5.74) is 1.10. The van der Waals surface area contributed by atoms with E-state index >= 15 is 0 Å². The van der Waals surface area contributed by atoms with Crippen LogP contribution in [0.2, 0.25) is 0 Å². The molecule has 1 aromatic rings. The van der Waals surface area contributed by atoms with Gasteiger partial charge in [-0.3, -0.25) is 0 Å². The van der Waals surface area contributed by atoms with E-state index in [1.54, 1.807) is 38.6 Å². The number of hydrogen-bond donors (Lipinski definition) is 2. The number of aromatic carboxylic acids is 1. The molecule has 118 valence electrons. The van der Waals surface area contributed by atoms with Crippen molar-refractivity contribution in [2.45, 2.75) is 38.6 Å². The third kappa shape index (κ3) is 4.72.